The van der Waals surface area contributed by atoms with Crippen molar-refractivity contribution in [3.8, 4) is 0 Å². The first-order valence-electron chi connectivity index (χ1n) is 4.70. The zero-order valence-corrected chi connectivity index (χ0v) is 8.58. The number of aliphatic hydroxyl groups excluding tert-OH is 1. The molecule has 0 bridgehead atoms. The number of aliphatic hydroxyl groups is 1. The predicted octanol–water partition coefficient (Wildman–Crippen LogP) is -0.143. The molecule has 0 radical (unpaired) electrons. The molecule has 0 aromatic heterocycles. The lowest BCUT2D eigenvalue weighted by molar-refractivity contribution is -0.130. The van der Waals surface area contributed by atoms with Crippen LogP contribution in [0.25, 0.3) is 0 Å². The molecule has 1 amide bonds. The van der Waals surface area contributed by atoms with Gasteiger partial charge in [0.2, 0.25) is 5.91 Å². The molecule has 0 spiro atoms. The van der Waals surface area contributed by atoms with E-state index in [1.54, 1.807) is 6.92 Å². The standard InChI is InChI=1S/C9H20N2O2/c1-4-11-9(13)8(12)7(10)5-6(2)3/h6-8,12H,4-5,10H2,1-3H3,(H,11,13). The van der Waals surface area contributed by atoms with Crippen LogP contribution in [-0.4, -0.2) is 29.7 Å². The van der Waals surface area contributed by atoms with Gasteiger partial charge in [-0.05, 0) is 19.3 Å². The summed E-state index contributed by atoms with van der Waals surface area (Å²) >= 11 is 0. The summed E-state index contributed by atoms with van der Waals surface area (Å²) in [6, 6.07) is -0.466. The topological polar surface area (TPSA) is 75.3 Å². The Labute approximate surface area is 79.5 Å². The molecule has 0 saturated carbocycles. The second-order valence-electron chi connectivity index (χ2n) is 3.63. The molecule has 0 aliphatic carbocycles. The number of hydrogen-bond acceptors (Lipinski definition) is 3. The Morgan fingerprint density at radius 2 is 2.08 bits per heavy atom. The van der Waals surface area contributed by atoms with Crippen LogP contribution in [0.1, 0.15) is 27.2 Å². The summed E-state index contributed by atoms with van der Waals surface area (Å²) in [4.78, 5) is 11.1. The molecule has 4 heteroatoms. The van der Waals surface area contributed by atoms with Crippen LogP contribution in [0.15, 0.2) is 0 Å². The molecule has 0 rings (SSSR count). The van der Waals surface area contributed by atoms with Crippen LogP contribution in [0, 0.1) is 5.92 Å². The molecule has 0 aliphatic rings. The van der Waals surface area contributed by atoms with Gasteiger partial charge in [-0.2, -0.15) is 0 Å². The van der Waals surface area contributed by atoms with Gasteiger partial charge in [0.05, 0.1) is 0 Å². The van der Waals surface area contributed by atoms with Crippen LogP contribution in [0.5, 0.6) is 0 Å². The third-order valence-electron chi connectivity index (χ3n) is 1.77. The minimum Gasteiger partial charge on any atom is -0.382 e. The van der Waals surface area contributed by atoms with Crippen LogP contribution >= 0.6 is 0 Å². The first kappa shape index (κ1) is 12.4. The van der Waals surface area contributed by atoms with Gasteiger partial charge in [0.25, 0.3) is 0 Å². The molecule has 2 unspecified atom stereocenters. The number of amides is 1. The minimum atomic E-state index is -1.08. The van der Waals surface area contributed by atoms with Crippen molar-refractivity contribution in [2.24, 2.45) is 11.7 Å². The number of rotatable bonds is 5. The maximum Gasteiger partial charge on any atom is 0.250 e. The van der Waals surface area contributed by atoms with E-state index in [0.29, 0.717) is 18.9 Å². The zero-order valence-electron chi connectivity index (χ0n) is 8.58. The molecule has 0 aromatic rings. The molecule has 0 saturated heterocycles. The maximum absolute atomic E-state index is 11.1. The lowest BCUT2D eigenvalue weighted by Crippen LogP contribution is -2.46. The fraction of sp³-hybridized carbons (Fsp3) is 0.889. The van der Waals surface area contributed by atoms with Crippen molar-refractivity contribution in [3.05, 3.63) is 0 Å². The molecule has 0 heterocycles. The Kier molecular flexibility index (Phi) is 5.66. The summed E-state index contributed by atoms with van der Waals surface area (Å²) in [5.41, 5.74) is 5.64. The summed E-state index contributed by atoms with van der Waals surface area (Å²) in [6.07, 6.45) is -0.430. The van der Waals surface area contributed by atoms with Crippen molar-refractivity contribution in [1.29, 1.82) is 0 Å². The zero-order chi connectivity index (χ0) is 10.4. The van der Waals surface area contributed by atoms with E-state index in [9.17, 15) is 9.90 Å². The molecule has 4 N–H and O–H groups in total. The molecule has 4 nitrogen and oxygen atoms in total. The second kappa shape index (κ2) is 5.94. The molecule has 78 valence electrons. The van der Waals surface area contributed by atoms with E-state index in [4.69, 9.17) is 5.73 Å². The first-order chi connectivity index (χ1) is 5.99. The van der Waals surface area contributed by atoms with E-state index in [2.05, 4.69) is 5.32 Å². The molecule has 2 atom stereocenters. The van der Waals surface area contributed by atoms with E-state index in [1.807, 2.05) is 13.8 Å². The van der Waals surface area contributed by atoms with Gasteiger partial charge in [0.1, 0.15) is 6.10 Å². The fourth-order valence-electron chi connectivity index (χ4n) is 1.15. The van der Waals surface area contributed by atoms with Gasteiger partial charge >= 0.3 is 0 Å². The molecular weight excluding hydrogens is 168 g/mol. The summed E-state index contributed by atoms with van der Waals surface area (Å²) in [7, 11) is 0. The predicted molar refractivity (Wildman–Crippen MR) is 52.1 cm³/mol. The number of carbonyl (C=O) groups excluding carboxylic acids is 1. The highest BCUT2D eigenvalue weighted by atomic mass is 16.3. The Morgan fingerprint density at radius 1 is 1.54 bits per heavy atom. The number of carbonyl (C=O) groups is 1. The fourth-order valence-corrected chi connectivity index (χ4v) is 1.15. The van der Waals surface area contributed by atoms with Crippen molar-refractivity contribution < 1.29 is 9.90 Å². The van der Waals surface area contributed by atoms with Crippen LogP contribution in [-0.2, 0) is 4.79 Å². The van der Waals surface area contributed by atoms with Gasteiger partial charge in [-0.3, -0.25) is 4.79 Å². The number of nitrogens with two attached hydrogens (primary N) is 1. The average Bonchev–Trinajstić information content (AvgIpc) is 2.02. The van der Waals surface area contributed by atoms with E-state index in [-0.39, 0.29) is 5.91 Å². The van der Waals surface area contributed by atoms with Crippen molar-refractivity contribution >= 4 is 5.91 Å². The largest absolute Gasteiger partial charge is 0.382 e. The first-order valence-corrected chi connectivity index (χ1v) is 4.70. The van der Waals surface area contributed by atoms with Crippen LogP contribution in [0.3, 0.4) is 0 Å². The third kappa shape index (κ3) is 4.85. The normalized spacial score (nSPS) is 15.5. The van der Waals surface area contributed by atoms with Crippen LogP contribution in [0.4, 0.5) is 0 Å². The summed E-state index contributed by atoms with van der Waals surface area (Å²) in [6.45, 7) is 6.33. The maximum atomic E-state index is 11.1. The van der Waals surface area contributed by atoms with Gasteiger partial charge in [0.15, 0.2) is 0 Å². The van der Waals surface area contributed by atoms with Crippen molar-refractivity contribution in [2.45, 2.75) is 39.3 Å². The second-order valence-corrected chi connectivity index (χ2v) is 3.63. The molecule has 0 aliphatic heterocycles. The number of hydrogen-bond donors (Lipinski definition) is 3. The third-order valence-corrected chi connectivity index (χ3v) is 1.77. The van der Waals surface area contributed by atoms with Gasteiger partial charge in [0, 0.05) is 12.6 Å². The van der Waals surface area contributed by atoms with Crippen LogP contribution < -0.4 is 11.1 Å². The Hall–Kier alpha value is -0.610. The lowest BCUT2D eigenvalue weighted by Gasteiger charge is -2.19. The molecule has 0 aromatic carbocycles. The summed E-state index contributed by atoms with van der Waals surface area (Å²) < 4.78 is 0. The minimum absolute atomic E-state index is 0.379. The van der Waals surface area contributed by atoms with E-state index in [1.165, 1.54) is 0 Å². The quantitative estimate of drug-likeness (QED) is 0.562. The monoisotopic (exact) mass is 188 g/mol. The van der Waals surface area contributed by atoms with E-state index >= 15 is 0 Å². The van der Waals surface area contributed by atoms with E-state index in [0.717, 1.165) is 0 Å². The Balaban J connectivity index is 3.93. The lowest BCUT2D eigenvalue weighted by atomic mass is 10.00. The van der Waals surface area contributed by atoms with Gasteiger partial charge in [-0.25, -0.2) is 0 Å². The highest BCUT2D eigenvalue weighted by Gasteiger charge is 2.22. The van der Waals surface area contributed by atoms with Gasteiger partial charge < -0.3 is 16.2 Å². The van der Waals surface area contributed by atoms with Crippen molar-refractivity contribution in [2.75, 3.05) is 6.54 Å². The van der Waals surface area contributed by atoms with E-state index < -0.39 is 12.1 Å². The average molecular weight is 188 g/mol. The van der Waals surface area contributed by atoms with Crippen molar-refractivity contribution in [3.63, 3.8) is 0 Å². The Morgan fingerprint density at radius 3 is 2.46 bits per heavy atom. The highest BCUT2D eigenvalue weighted by Crippen LogP contribution is 2.05. The number of nitrogens with one attached hydrogen (secondary N) is 1. The summed E-state index contributed by atoms with van der Waals surface area (Å²) in [5.74, 6) is 0.00901. The van der Waals surface area contributed by atoms with Crippen LogP contribution in [0.2, 0.25) is 0 Å². The van der Waals surface area contributed by atoms with Gasteiger partial charge in [-0.1, -0.05) is 13.8 Å². The molecule has 0 fully saturated rings. The van der Waals surface area contributed by atoms with Gasteiger partial charge in [-0.15, -0.1) is 0 Å². The Bertz CT molecular complexity index is 160. The molecular formula is C9H20N2O2. The SMILES string of the molecule is CCNC(=O)C(O)C(N)CC(C)C. The highest BCUT2D eigenvalue weighted by molar-refractivity contribution is 5.81. The van der Waals surface area contributed by atoms with Crippen molar-refractivity contribution in [1.82, 2.24) is 5.32 Å². The smallest absolute Gasteiger partial charge is 0.250 e. The number of likely N-dealkylation sites (N-methyl/N-ethyl adjacent to an activating group) is 1. The summed E-state index contributed by atoms with van der Waals surface area (Å²) in [5, 5.41) is 12.0. The molecule has 13 heavy (non-hydrogen) atoms.